The van der Waals surface area contributed by atoms with Gasteiger partial charge in [-0.2, -0.15) is 0 Å². The number of rotatable bonds is 2. The van der Waals surface area contributed by atoms with Gasteiger partial charge in [0, 0.05) is 15.6 Å². The zero-order chi connectivity index (χ0) is 13.4. The highest BCUT2D eigenvalue weighted by Gasteiger charge is 2.10. The summed E-state index contributed by atoms with van der Waals surface area (Å²) in [4.78, 5) is 4.49. The Morgan fingerprint density at radius 1 is 1.05 bits per heavy atom. The van der Waals surface area contributed by atoms with E-state index in [-0.39, 0.29) is 0 Å². The van der Waals surface area contributed by atoms with Gasteiger partial charge in [-0.3, -0.25) is 0 Å². The van der Waals surface area contributed by atoms with Gasteiger partial charge in [0.1, 0.15) is 5.52 Å². The van der Waals surface area contributed by atoms with Crippen molar-refractivity contribution in [3.05, 3.63) is 52.0 Å². The van der Waals surface area contributed by atoms with Gasteiger partial charge in [-0.15, -0.1) is 0 Å². The van der Waals surface area contributed by atoms with Crippen LogP contribution in [0.25, 0.3) is 22.6 Å². The van der Waals surface area contributed by atoms with Crippen LogP contribution in [0.5, 0.6) is 0 Å². The van der Waals surface area contributed by atoms with Crippen LogP contribution in [0, 0.1) is 0 Å². The van der Waals surface area contributed by atoms with Gasteiger partial charge < -0.3 is 4.42 Å². The van der Waals surface area contributed by atoms with E-state index in [1.54, 1.807) is 18.2 Å². The fraction of sp³-hybridized carbons (Fsp3) is 0.133. The van der Waals surface area contributed by atoms with Gasteiger partial charge >= 0.3 is 0 Å². The second-order valence-electron chi connectivity index (χ2n) is 4.33. The topological polar surface area (TPSA) is 26.0 Å². The second-order valence-corrected chi connectivity index (χ2v) is 5.21. The average molecular weight is 292 g/mol. The minimum atomic E-state index is 0.535. The maximum Gasteiger partial charge on any atom is 0.227 e. The van der Waals surface area contributed by atoms with E-state index in [0.29, 0.717) is 15.9 Å². The summed E-state index contributed by atoms with van der Waals surface area (Å²) in [5, 5.41) is 1.14. The summed E-state index contributed by atoms with van der Waals surface area (Å²) in [6.07, 6.45) is 0.973. The lowest BCUT2D eigenvalue weighted by Crippen LogP contribution is -1.79. The molecule has 3 aromatic rings. The lowest BCUT2D eigenvalue weighted by molar-refractivity contribution is 0.620. The van der Waals surface area contributed by atoms with Crippen molar-refractivity contribution in [2.75, 3.05) is 0 Å². The summed E-state index contributed by atoms with van der Waals surface area (Å²) in [7, 11) is 0. The molecular weight excluding hydrogens is 281 g/mol. The monoisotopic (exact) mass is 291 g/mol. The zero-order valence-electron chi connectivity index (χ0n) is 10.3. The molecule has 1 heterocycles. The largest absolute Gasteiger partial charge is 0.436 e. The summed E-state index contributed by atoms with van der Waals surface area (Å²) >= 11 is 12.0. The first kappa shape index (κ1) is 12.5. The van der Waals surface area contributed by atoms with Gasteiger partial charge in [0.2, 0.25) is 5.89 Å². The molecule has 0 aliphatic heterocycles. The first-order valence-electron chi connectivity index (χ1n) is 6.01. The molecule has 3 rings (SSSR count). The Kier molecular flexibility index (Phi) is 3.21. The Hall–Kier alpha value is -1.51. The van der Waals surface area contributed by atoms with Gasteiger partial charge in [0.25, 0.3) is 0 Å². The smallest absolute Gasteiger partial charge is 0.227 e. The van der Waals surface area contributed by atoms with Crippen molar-refractivity contribution in [1.82, 2.24) is 4.98 Å². The molecule has 0 saturated heterocycles. The van der Waals surface area contributed by atoms with Crippen molar-refractivity contribution in [3.8, 4) is 11.5 Å². The van der Waals surface area contributed by atoms with Crippen LogP contribution in [0.15, 0.2) is 40.8 Å². The van der Waals surface area contributed by atoms with Gasteiger partial charge in [-0.1, -0.05) is 36.2 Å². The number of hydrogen-bond donors (Lipinski definition) is 0. The predicted octanol–water partition coefficient (Wildman–Crippen LogP) is 5.36. The standard InChI is InChI=1S/C15H11Cl2NO/c1-2-9-3-4-14-13(5-9)18-15(19-14)10-6-11(16)8-12(17)7-10/h3-8H,2H2,1H3. The zero-order valence-corrected chi connectivity index (χ0v) is 11.8. The van der Waals surface area contributed by atoms with Gasteiger partial charge in [0.15, 0.2) is 5.58 Å². The molecule has 96 valence electrons. The van der Waals surface area contributed by atoms with Crippen LogP contribution in [0.1, 0.15) is 12.5 Å². The molecule has 19 heavy (non-hydrogen) atoms. The van der Waals surface area contributed by atoms with Gasteiger partial charge in [-0.05, 0) is 42.3 Å². The maximum absolute atomic E-state index is 5.99. The fourth-order valence-electron chi connectivity index (χ4n) is 1.99. The molecule has 0 atom stereocenters. The Labute approximate surface area is 121 Å². The van der Waals surface area contributed by atoms with E-state index in [1.165, 1.54) is 5.56 Å². The molecule has 0 amide bonds. The van der Waals surface area contributed by atoms with E-state index < -0.39 is 0 Å². The summed E-state index contributed by atoms with van der Waals surface area (Å²) in [6.45, 7) is 2.11. The van der Waals surface area contributed by atoms with Crippen LogP contribution in [0.2, 0.25) is 10.0 Å². The molecule has 0 aliphatic rings. The minimum Gasteiger partial charge on any atom is -0.436 e. The molecular formula is C15H11Cl2NO. The van der Waals surface area contributed by atoms with E-state index >= 15 is 0 Å². The van der Waals surface area contributed by atoms with Crippen molar-refractivity contribution in [2.45, 2.75) is 13.3 Å². The van der Waals surface area contributed by atoms with Crippen LogP contribution in [-0.2, 0) is 6.42 Å². The van der Waals surface area contributed by atoms with E-state index in [2.05, 4.69) is 11.9 Å². The average Bonchev–Trinajstić information content (AvgIpc) is 2.80. The van der Waals surface area contributed by atoms with Crippen molar-refractivity contribution in [1.29, 1.82) is 0 Å². The van der Waals surface area contributed by atoms with Crippen molar-refractivity contribution in [2.24, 2.45) is 0 Å². The number of aromatic nitrogens is 1. The summed E-state index contributed by atoms with van der Waals surface area (Å²) in [5.41, 5.74) is 3.64. The van der Waals surface area contributed by atoms with Crippen LogP contribution in [-0.4, -0.2) is 4.98 Å². The Morgan fingerprint density at radius 3 is 2.47 bits per heavy atom. The first-order chi connectivity index (χ1) is 9.15. The maximum atomic E-state index is 5.99. The van der Waals surface area contributed by atoms with E-state index in [9.17, 15) is 0 Å². The molecule has 0 N–H and O–H groups in total. The number of oxazole rings is 1. The van der Waals surface area contributed by atoms with Crippen LogP contribution in [0.3, 0.4) is 0 Å². The lowest BCUT2D eigenvalue weighted by atomic mass is 10.1. The van der Waals surface area contributed by atoms with E-state index in [1.807, 2.05) is 18.2 Å². The number of nitrogens with zero attached hydrogens (tertiary/aromatic N) is 1. The highest BCUT2D eigenvalue weighted by Crippen LogP contribution is 2.29. The number of hydrogen-bond acceptors (Lipinski definition) is 2. The fourth-order valence-corrected chi connectivity index (χ4v) is 2.52. The van der Waals surface area contributed by atoms with Crippen LogP contribution >= 0.6 is 23.2 Å². The molecule has 2 aromatic carbocycles. The first-order valence-corrected chi connectivity index (χ1v) is 6.77. The third-order valence-electron chi connectivity index (χ3n) is 2.97. The third-order valence-corrected chi connectivity index (χ3v) is 3.41. The summed E-state index contributed by atoms with van der Waals surface area (Å²) < 4.78 is 5.74. The highest BCUT2D eigenvalue weighted by atomic mass is 35.5. The summed E-state index contributed by atoms with van der Waals surface area (Å²) in [5.74, 6) is 0.535. The third kappa shape index (κ3) is 2.46. The Bertz CT molecular complexity index is 729. The van der Waals surface area contributed by atoms with E-state index in [0.717, 1.165) is 23.1 Å². The van der Waals surface area contributed by atoms with Crippen LogP contribution in [0.4, 0.5) is 0 Å². The van der Waals surface area contributed by atoms with E-state index in [4.69, 9.17) is 27.6 Å². The number of aryl methyl sites for hydroxylation is 1. The molecule has 0 unspecified atom stereocenters. The van der Waals surface area contributed by atoms with Gasteiger partial charge in [-0.25, -0.2) is 4.98 Å². The second kappa shape index (κ2) is 4.87. The Morgan fingerprint density at radius 2 is 1.79 bits per heavy atom. The molecule has 0 saturated carbocycles. The molecule has 4 heteroatoms. The molecule has 0 radical (unpaired) electrons. The van der Waals surface area contributed by atoms with Crippen molar-refractivity contribution < 1.29 is 4.42 Å². The number of fused-ring (bicyclic) bond motifs is 1. The normalized spacial score (nSPS) is 11.1. The molecule has 0 aliphatic carbocycles. The lowest BCUT2D eigenvalue weighted by Gasteiger charge is -1.97. The summed E-state index contributed by atoms with van der Waals surface area (Å²) in [6, 6.07) is 11.3. The molecule has 0 fully saturated rings. The van der Waals surface area contributed by atoms with Gasteiger partial charge in [0.05, 0.1) is 0 Å². The number of benzene rings is 2. The number of halogens is 2. The highest BCUT2D eigenvalue weighted by molar-refractivity contribution is 6.35. The van der Waals surface area contributed by atoms with Crippen LogP contribution < -0.4 is 0 Å². The predicted molar refractivity (Wildman–Crippen MR) is 78.8 cm³/mol. The molecule has 0 spiro atoms. The molecule has 2 nitrogen and oxygen atoms in total. The molecule has 1 aromatic heterocycles. The quantitative estimate of drug-likeness (QED) is 0.635. The Balaban J connectivity index is 2.14. The minimum absolute atomic E-state index is 0.535. The molecule has 0 bridgehead atoms. The SMILES string of the molecule is CCc1ccc2oc(-c3cc(Cl)cc(Cl)c3)nc2c1. The van der Waals surface area contributed by atoms with Crippen molar-refractivity contribution >= 4 is 34.3 Å². The van der Waals surface area contributed by atoms with Crippen molar-refractivity contribution in [3.63, 3.8) is 0 Å².